The zero-order chi connectivity index (χ0) is 8.36. The molecule has 62 valence electrons. The van der Waals surface area contributed by atoms with E-state index in [1.54, 1.807) is 0 Å². The molecule has 0 N–H and O–H groups in total. The van der Waals surface area contributed by atoms with E-state index in [0.29, 0.717) is 0 Å². The summed E-state index contributed by atoms with van der Waals surface area (Å²) in [7, 11) is 0. The number of rotatable bonds is 6. The fourth-order valence-electron chi connectivity index (χ4n) is 0.906. The lowest BCUT2D eigenvalue weighted by molar-refractivity contribution is 0.657. The van der Waals surface area contributed by atoms with Gasteiger partial charge in [0.1, 0.15) is 0 Å². The van der Waals surface area contributed by atoms with Crippen molar-refractivity contribution < 1.29 is 0 Å². The minimum atomic E-state index is 0.947. The molecule has 0 bridgehead atoms. The summed E-state index contributed by atoms with van der Waals surface area (Å²) in [6.07, 6.45) is 14.6. The number of halogens is 1. The van der Waals surface area contributed by atoms with Gasteiger partial charge in [0, 0.05) is 6.42 Å². The number of hydrogen-bond acceptors (Lipinski definition) is 0. The Morgan fingerprint density at radius 3 is 2.55 bits per heavy atom. The third-order valence-electron chi connectivity index (χ3n) is 1.53. The summed E-state index contributed by atoms with van der Waals surface area (Å²) >= 11 is 2.25. The summed E-state index contributed by atoms with van der Waals surface area (Å²) in [6, 6.07) is 0. The summed E-state index contributed by atoms with van der Waals surface area (Å²) < 4.78 is 2.08. The largest absolute Gasteiger partial charge is 0.120 e. The van der Waals surface area contributed by atoms with Crippen molar-refractivity contribution in [3.8, 4) is 12.3 Å². The third-order valence-corrected chi connectivity index (χ3v) is 2.04. The highest BCUT2D eigenvalue weighted by atomic mass is 127. The van der Waals surface area contributed by atoms with Crippen molar-refractivity contribution in [2.24, 2.45) is 0 Å². The Bertz CT molecular complexity index is 130. The Morgan fingerprint density at radius 1 is 1.18 bits per heavy atom. The van der Waals surface area contributed by atoms with Crippen molar-refractivity contribution in [2.45, 2.75) is 38.5 Å². The van der Waals surface area contributed by atoms with Crippen LogP contribution in [0, 0.1) is 12.3 Å². The van der Waals surface area contributed by atoms with Gasteiger partial charge in [-0.1, -0.05) is 41.5 Å². The van der Waals surface area contributed by atoms with E-state index in [1.807, 2.05) is 0 Å². The molecule has 0 nitrogen and oxygen atoms in total. The molecule has 0 aliphatic carbocycles. The van der Waals surface area contributed by atoms with Crippen LogP contribution < -0.4 is 0 Å². The van der Waals surface area contributed by atoms with Gasteiger partial charge in [-0.15, -0.1) is 12.3 Å². The fraction of sp³-hybridized carbons (Fsp3) is 0.600. The molecule has 0 saturated carbocycles. The normalized spacial score (nSPS) is 10.2. The van der Waals surface area contributed by atoms with Crippen LogP contribution in [0.15, 0.2) is 10.2 Å². The SMILES string of the molecule is C#CCCCCCC/C=C/I. The van der Waals surface area contributed by atoms with E-state index in [1.165, 1.54) is 32.1 Å². The maximum absolute atomic E-state index is 5.13. The maximum atomic E-state index is 5.13. The highest BCUT2D eigenvalue weighted by molar-refractivity contribution is 14.1. The van der Waals surface area contributed by atoms with E-state index in [4.69, 9.17) is 6.42 Å². The van der Waals surface area contributed by atoms with E-state index in [9.17, 15) is 0 Å². The summed E-state index contributed by atoms with van der Waals surface area (Å²) in [5, 5.41) is 0. The van der Waals surface area contributed by atoms with Crippen LogP contribution in [0.3, 0.4) is 0 Å². The molecule has 0 spiro atoms. The van der Waals surface area contributed by atoms with E-state index in [2.05, 4.69) is 38.7 Å². The van der Waals surface area contributed by atoms with Crippen LogP contribution >= 0.6 is 22.6 Å². The quantitative estimate of drug-likeness (QED) is 0.387. The highest BCUT2D eigenvalue weighted by Gasteiger charge is 1.86. The Labute approximate surface area is 83.6 Å². The van der Waals surface area contributed by atoms with Crippen LogP contribution in [0.25, 0.3) is 0 Å². The number of hydrogen-bond donors (Lipinski definition) is 0. The average molecular weight is 262 g/mol. The molecular formula is C10H15I. The van der Waals surface area contributed by atoms with Gasteiger partial charge >= 0.3 is 0 Å². The first-order valence-electron chi connectivity index (χ1n) is 4.10. The second kappa shape index (κ2) is 10.0. The van der Waals surface area contributed by atoms with Crippen molar-refractivity contribution in [3.05, 3.63) is 10.2 Å². The highest BCUT2D eigenvalue weighted by Crippen LogP contribution is 2.05. The lowest BCUT2D eigenvalue weighted by Gasteiger charge is -1.94. The topological polar surface area (TPSA) is 0 Å². The monoisotopic (exact) mass is 262 g/mol. The Balaban J connectivity index is 2.86. The van der Waals surface area contributed by atoms with Gasteiger partial charge in [0.15, 0.2) is 0 Å². The van der Waals surface area contributed by atoms with Crippen LogP contribution in [0.1, 0.15) is 38.5 Å². The minimum absolute atomic E-state index is 0.947. The zero-order valence-corrected chi connectivity index (χ0v) is 9.01. The molecule has 0 aromatic carbocycles. The van der Waals surface area contributed by atoms with Crippen molar-refractivity contribution in [1.82, 2.24) is 0 Å². The van der Waals surface area contributed by atoms with Gasteiger partial charge < -0.3 is 0 Å². The number of terminal acetylenes is 1. The number of allylic oxidation sites excluding steroid dienone is 1. The molecule has 0 aliphatic heterocycles. The average Bonchev–Trinajstić information content (AvgIpc) is 2.03. The van der Waals surface area contributed by atoms with Gasteiger partial charge in [-0.2, -0.15) is 0 Å². The molecule has 0 amide bonds. The molecule has 0 aromatic rings. The molecule has 0 rings (SSSR count). The Morgan fingerprint density at radius 2 is 1.91 bits per heavy atom. The molecule has 0 saturated heterocycles. The minimum Gasteiger partial charge on any atom is -0.120 e. The van der Waals surface area contributed by atoms with E-state index in [0.717, 1.165) is 6.42 Å². The van der Waals surface area contributed by atoms with E-state index >= 15 is 0 Å². The van der Waals surface area contributed by atoms with Crippen molar-refractivity contribution in [3.63, 3.8) is 0 Å². The molecule has 0 aromatic heterocycles. The number of unbranched alkanes of at least 4 members (excludes halogenated alkanes) is 5. The van der Waals surface area contributed by atoms with E-state index < -0.39 is 0 Å². The molecule has 0 aliphatic rings. The van der Waals surface area contributed by atoms with Gasteiger partial charge in [-0.3, -0.25) is 0 Å². The van der Waals surface area contributed by atoms with Gasteiger partial charge in [-0.25, -0.2) is 0 Å². The van der Waals surface area contributed by atoms with Crippen LogP contribution in [-0.4, -0.2) is 0 Å². The summed E-state index contributed by atoms with van der Waals surface area (Å²) in [5.74, 6) is 2.65. The summed E-state index contributed by atoms with van der Waals surface area (Å²) in [6.45, 7) is 0. The van der Waals surface area contributed by atoms with Crippen LogP contribution in [-0.2, 0) is 0 Å². The molecule has 1 heteroatoms. The van der Waals surface area contributed by atoms with Gasteiger partial charge in [-0.05, 0) is 23.3 Å². The fourth-order valence-corrected chi connectivity index (χ4v) is 1.27. The second-order valence-corrected chi connectivity index (χ2v) is 3.24. The Hall–Kier alpha value is 0.0300. The van der Waals surface area contributed by atoms with Crippen LogP contribution in [0.2, 0.25) is 0 Å². The third kappa shape index (κ3) is 10.0. The summed E-state index contributed by atoms with van der Waals surface area (Å²) in [4.78, 5) is 0. The van der Waals surface area contributed by atoms with Gasteiger partial charge in [0.25, 0.3) is 0 Å². The predicted molar refractivity (Wildman–Crippen MR) is 59.7 cm³/mol. The lowest BCUT2D eigenvalue weighted by atomic mass is 10.1. The molecule has 0 fully saturated rings. The first kappa shape index (κ1) is 11.0. The standard InChI is InChI=1S/C10H15I/c1-2-3-4-5-6-7-8-9-10-11/h1,9-10H,3-8H2/b10-9+. The van der Waals surface area contributed by atoms with Crippen molar-refractivity contribution in [1.29, 1.82) is 0 Å². The Kier molecular flexibility index (Phi) is 10.1. The van der Waals surface area contributed by atoms with E-state index in [-0.39, 0.29) is 0 Å². The molecule has 0 radical (unpaired) electrons. The van der Waals surface area contributed by atoms with Gasteiger partial charge in [0.05, 0.1) is 0 Å². The molecule has 0 unspecified atom stereocenters. The van der Waals surface area contributed by atoms with Crippen molar-refractivity contribution in [2.75, 3.05) is 0 Å². The molecule has 0 heterocycles. The lowest BCUT2D eigenvalue weighted by Crippen LogP contribution is -1.76. The summed E-state index contributed by atoms with van der Waals surface area (Å²) in [5.41, 5.74) is 0. The first-order valence-corrected chi connectivity index (χ1v) is 5.35. The predicted octanol–water partition coefficient (Wildman–Crippen LogP) is 3.91. The molecular weight excluding hydrogens is 247 g/mol. The molecule has 11 heavy (non-hydrogen) atoms. The van der Waals surface area contributed by atoms with Crippen LogP contribution in [0.5, 0.6) is 0 Å². The zero-order valence-electron chi connectivity index (χ0n) is 6.85. The van der Waals surface area contributed by atoms with Crippen molar-refractivity contribution >= 4 is 22.6 Å². The maximum Gasteiger partial charge on any atom is 0.00860 e. The van der Waals surface area contributed by atoms with Gasteiger partial charge in [0.2, 0.25) is 0 Å². The van der Waals surface area contributed by atoms with Crippen LogP contribution in [0.4, 0.5) is 0 Å². The second-order valence-electron chi connectivity index (χ2n) is 2.52. The smallest absolute Gasteiger partial charge is 0.00860 e. The molecule has 0 atom stereocenters. The first-order chi connectivity index (χ1) is 5.41.